The molecule has 0 aromatic rings. The van der Waals surface area contributed by atoms with Gasteiger partial charge in [0.1, 0.15) is 11.9 Å². The first-order chi connectivity index (χ1) is 10.8. The number of rotatable bonds is 0. The van der Waals surface area contributed by atoms with Gasteiger partial charge in [-0.2, -0.15) is 0 Å². The standard InChI is InChI=1S/C20H30O3/c1-11-10-12-13-4-5-16(22)19(13,2)8-6-14(12)20(3)9-7-15(21)18(23)17(11)20/h11-15,17,21H,4-10H2,1-3H3/t11?,12-,13-,14-,15-,17?,19-,20+/m0/s1. The van der Waals surface area contributed by atoms with Gasteiger partial charge in [-0.25, -0.2) is 0 Å². The summed E-state index contributed by atoms with van der Waals surface area (Å²) in [7, 11) is 0. The Morgan fingerprint density at radius 2 is 1.78 bits per heavy atom. The Hall–Kier alpha value is -0.700. The Labute approximate surface area is 139 Å². The van der Waals surface area contributed by atoms with Crippen molar-refractivity contribution in [3.05, 3.63) is 0 Å². The molecule has 0 aromatic carbocycles. The lowest BCUT2D eigenvalue weighted by Crippen LogP contribution is -2.59. The topological polar surface area (TPSA) is 54.4 Å². The zero-order valence-electron chi connectivity index (χ0n) is 14.7. The first kappa shape index (κ1) is 15.8. The first-order valence-electron chi connectivity index (χ1n) is 9.54. The Balaban J connectivity index is 1.71. The van der Waals surface area contributed by atoms with Crippen LogP contribution in [-0.2, 0) is 9.59 Å². The van der Waals surface area contributed by atoms with Crippen molar-refractivity contribution in [2.75, 3.05) is 0 Å². The van der Waals surface area contributed by atoms with Crippen LogP contribution in [0.5, 0.6) is 0 Å². The minimum absolute atomic E-state index is 0.0222. The predicted molar refractivity (Wildman–Crippen MR) is 87.7 cm³/mol. The molecular formula is C20H30O3. The summed E-state index contributed by atoms with van der Waals surface area (Å²) < 4.78 is 0. The fourth-order valence-electron chi connectivity index (χ4n) is 7.40. The molecule has 4 aliphatic rings. The van der Waals surface area contributed by atoms with Gasteiger partial charge in [-0.15, -0.1) is 0 Å². The van der Waals surface area contributed by atoms with Gasteiger partial charge in [-0.1, -0.05) is 20.8 Å². The molecule has 4 saturated carbocycles. The van der Waals surface area contributed by atoms with E-state index >= 15 is 0 Å². The average molecular weight is 318 g/mol. The van der Waals surface area contributed by atoms with E-state index in [2.05, 4.69) is 20.8 Å². The van der Waals surface area contributed by atoms with E-state index in [-0.39, 0.29) is 22.5 Å². The normalized spacial score (nSPS) is 56.0. The maximum Gasteiger partial charge on any atom is 0.165 e. The molecule has 23 heavy (non-hydrogen) atoms. The molecule has 3 heteroatoms. The van der Waals surface area contributed by atoms with Crippen LogP contribution in [0.2, 0.25) is 0 Å². The monoisotopic (exact) mass is 318 g/mol. The molecule has 0 spiro atoms. The number of carbonyl (C=O) groups is 2. The first-order valence-corrected chi connectivity index (χ1v) is 9.54. The fraction of sp³-hybridized carbons (Fsp3) is 0.900. The SMILES string of the molecule is CC1C[C@@H]2[C@H](CC[C@]3(C)C(=O)CC[C@@H]23)[C@@]2(C)CC[C@H](O)C(=O)C12. The second-order valence-corrected chi connectivity index (χ2v) is 9.45. The fourth-order valence-corrected chi connectivity index (χ4v) is 7.40. The quantitative estimate of drug-likeness (QED) is 0.745. The second-order valence-electron chi connectivity index (χ2n) is 9.45. The molecule has 1 N–H and O–H groups in total. The second kappa shape index (κ2) is 4.91. The summed E-state index contributed by atoms with van der Waals surface area (Å²) >= 11 is 0. The van der Waals surface area contributed by atoms with E-state index in [0.29, 0.717) is 35.9 Å². The van der Waals surface area contributed by atoms with Gasteiger partial charge in [-0.3, -0.25) is 9.59 Å². The van der Waals surface area contributed by atoms with Gasteiger partial charge in [0.05, 0.1) is 0 Å². The number of Topliss-reactive ketones (excluding diaryl/α,β-unsaturated/α-hetero) is 2. The number of ketones is 2. The van der Waals surface area contributed by atoms with Crippen molar-refractivity contribution < 1.29 is 14.7 Å². The molecule has 0 aliphatic heterocycles. The third-order valence-electron chi connectivity index (χ3n) is 8.51. The van der Waals surface area contributed by atoms with Gasteiger partial charge >= 0.3 is 0 Å². The molecule has 0 radical (unpaired) electrons. The molecular weight excluding hydrogens is 288 g/mol. The van der Waals surface area contributed by atoms with Crippen molar-refractivity contribution in [3.8, 4) is 0 Å². The molecule has 4 fully saturated rings. The summed E-state index contributed by atoms with van der Waals surface area (Å²) in [6.45, 7) is 6.73. The van der Waals surface area contributed by atoms with Gasteiger partial charge < -0.3 is 5.11 Å². The molecule has 4 rings (SSSR count). The molecule has 0 heterocycles. The van der Waals surface area contributed by atoms with Crippen LogP contribution < -0.4 is 0 Å². The van der Waals surface area contributed by atoms with Crippen LogP contribution in [0.1, 0.15) is 65.7 Å². The molecule has 4 aliphatic carbocycles. The molecule has 0 bridgehead atoms. The molecule has 0 saturated heterocycles. The predicted octanol–water partition coefficient (Wildman–Crippen LogP) is 3.38. The highest BCUT2D eigenvalue weighted by Gasteiger charge is 2.63. The van der Waals surface area contributed by atoms with Crippen LogP contribution in [0.3, 0.4) is 0 Å². The zero-order chi connectivity index (χ0) is 16.6. The van der Waals surface area contributed by atoms with E-state index in [1.807, 2.05) is 0 Å². The highest BCUT2D eigenvalue weighted by molar-refractivity contribution is 5.88. The van der Waals surface area contributed by atoms with Crippen LogP contribution in [0.25, 0.3) is 0 Å². The van der Waals surface area contributed by atoms with Crippen molar-refractivity contribution in [2.45, 2.75) is 71.8 Å². The lowest BCUT2D eigenvalue weighted by atomic mass is 9.43. The van der Waals surface area contributed by atoms with Gasteiger partial charge in [-0.05, 0) is 67.6 Å². The molecule has 2 unspecified atom stereocenters. The van der Waals surface area contributed by atoms with Crippen molar-refractivity contribution in [3.63, 3.8) is 0 Å². The molecule has 8 atom stereocenters. The van der Waals surface area contributed by atoms with Crippen LogP contribution >= 0.6 is 0 Å². The highest BCUT2D eigenvalue weighted by atomic mass is 16.3. The Morgan fingerprint density at radius 1 is 1.04 bits per heavy atom. The summed E-state index contributed by atoms with van der Waals surface area (Å²) in [6.07, 6.45) is 5.83. The average Bonchev–Trinajstić information content (AvgIpc) is 2.79. The largest absolute Gasteiger partial charge is 0.385 e. The number of fused-ring (bicyclic) bond motifs is 5. The third-order valence-corrected chi connectivity index (χ3v) is 8.51. The van der Waals surface area contributed by atoms with Gasteiger partial charge in [0, 0.05) is 17.8 Å². The van der Waals surface area contributed by atoms with E-state index in [4.69, 9.17) is 0 Å². The number of aliphatic hydroxyl groups excluding tert-OH is 1. The Bertz CT molecular complexity index is 555. The number of aliphatic hydroxyl groups is 1. The summed E-state index contributed by atoms with van der Waals surface area (Å²) in [4.78, 5) is 25.1. The van der Waals surface area contributed by atoms with Crippen molar-refractivity contribution in [1.82, 2.24) is 0 Å². The maximum atomic E-state index is 12.7. The van der Waals surface area contributed by atoms with E-state index in [1.54, 1.807) is 0 Å². The van der Waals surface area contributed by atoms with Gasteiger partial charge in [0.2, 0.25) is 0 Å². The van der Waals surface area contributed by atoms with Gasteiger partial charge in [0.25, 0.3) is 0 Å². The van der Waals surface area contributed by atoms with E-state index < -0.39 is 6.10 Å². The molecule has 128 valence electrons. The summed E-state index contributed by atoms with van der Waals surface area (Å²) in [5.74, 6) is 2.62. The lowest BCUT2D eigenvalue weighted by Gasteiger charge is -2.61. The minimum Gasteiger partial charge on any atom is -0.385 e. The number of hydrogen-bond donors (Lipinski definition) is 1. The van der Waals surface area contributed by atoms with Gasteiger partial charge in [0.15, 0.2) is 5.78 Å². The van der Waals surface area contributed by atoms with E-state index in [0.717, 1.165) is 38.5 Å². The van der Waals surface area contributed by atoms with Crippen LogP contribution in [0.15, 0.2) is 0 Å². The lowest BCUT2D eigenvalue weighted by molar-refractivity contribution is -0.169. The van der Waals surface area contributed by atoms with Crippen molar-refractivity contribution in [2.24, 2.45) is 40.4 Å². The van der Waals surface area contributed by atoms with Crippen molar-refractivity contribution >= 4 is 11.6 Å². The van der Waals surface area contributed by atoms with Crippen molar-refractivity contribution in [1.29, 1.82) is 0 Å². The smallest absolute Gasteiger partial charge is 0.165 e. The zero-order valence-corrected chi connectivity index (χ0v) is 14.7. The van der Waals surface area contributed by atoms with E-state index in [1.165, 1.54) is 0 Å². The van der Waals surface area contributed by atoms with Crippen LogP contribution in [0, 0.1) is 40.4 Å². The molecule has 3 nitrogen and oxygen atoms in total. The summed E-state index contributed by atoms with van der Waals surface area (Å²) in [6, 6.07) is 0. The Kier molecular flexibility index (Phi) is 3.37. The van der Waals surface area contributed by atoms with E-state index in [9.17, 15) is 14.7 Å². The number of hydrogen-bond acceptors (Lipinski definition) is 3. The summed E-state index contributed by atoms with van der Waals surface area (Å²) in [5.41, 5.74) is -0.0616. The molecule has 0 amide bonds. The number of carbonyl (C=O) groups excluding carboxylic acids is 2. The van der Waals surface area contributed by atoms with Crippen LogP contribution in [-0.4, -0.2) is 22.8 Å². The Morgan fingerprint density at radius 3 is 2.52 bits per heavy atom. The van der Waals surface area contributed by atoms with Crippen LogP contribution in [0.4, 0.5) is 0 Å². The maximum absolute atomic E-state index is 12.7. The minimum atomic E-state index is -0.742. The highest BCUT2D eigenvalue weighted by Crippen LogP contribution is 2.66. The third kappa shape index (κ3) is 1.92. The molecule has 0 aromatic heterocycles. The summed E-state index contributed by atoms with van der Waals surface area (Å²) in [5, 5.41) is 10.1.